The summed E-state index contributed by atoms with van der Waals surface area (Å²) in [4.78, 5) is 20.5. The second-order valence-electron chi connectivity index (χ2n) is 6.17. The first kappa shape index (κ1) is 17.9. The highest BCUT2D eigenvalue weighted by Crippen LogP contribution is 2.37. The van der Waals surface area contributed by atoms with Crippen molar-refractivity contribution >= 4 is 39.0 Å². The number of rotatable bonds is 6. The minimum atomic E-state index is -0.847. The highest BCUT2D eigenvalue weighted by Gasteiger charge is 2.13. The molecule has 6 nitrogen and oxygen atoms in total. The van der Waals surface area contributed by atoms with E-state index in [1.807, 2.05) is 36.4 Å². The van der Waals surface area contributed by atoms with Crippen LogP contribution in [0, 0.1) is 0 Å². The van der Waals surface area contributed by atoms with Gasteiger partial charge in [-0.3, -0.25) is 4.79 Å². The molecule has 0 aliphatic rings. The van der Waals surface area contributed by atoms with Crippen LogP contribution in [0.25, 0.3) is 21.3 Å². The molecule has 28 heavy (non-hydrogen) atoms. The van der Waals surface area contributed by atoms with E-state index in [4.69, 9.17) is 9.84 Å². The highest BCUT2D eigenvalue weighted by atomic mass is 32.1. The van der Waals surface area contributed by atoms with Crippen LogP contribution in [-0.4, -0.2) is 28.2 Å². The maximum absolute atomic E-state index is 10.8. The Morgan fingerprint density at radius 2 is 1.86 bits per heavy atom. The Balaban J connectivity index is 1.69. The molecule has 4 rings (SSSR count). The van der Waals surface area contributed by atoms with Crippen LogP contribution in [0.5, 0.6) is 5.75 Å². The number of hydrogen-bond acceptors (Lipinski definition) is 6. The summed E-state index contributed by atoms with van der Waals surface area (Å²) < 4.78 is 5.24. The number of hydrogen-bond donors (Lipinski definition) is 2. The largest absolute Gasteiger partial charge is 0.497 e. The van der Waals surface area contributed by atoms with Crippen molar-refractivity contribution in [2.75, 3.05) is 12.4 Å². The average molecular weight is 391 g/mol. The van der Waals surface area contributed by atoms with Gasteiger partial charge in [0.05, 0.1) is 18.9 Å². The number of methoxy groups -OCH3 is 1. The quantitative estimate of drug-likeness (QED) is 0.494. The Hall–Kier alpha value is -3.45. The Bertz CT molecular complexity index is 1120. The van der Waals surface area contributed by atoms with E-state index in [-0.39, 0.29) is 6.42 Å². The molecule has 140 valence electrons. The summed E-state index contributed by atoms with van der Waals surface area (Å²) in [6.07, 6.45) is 1.54. The summed E-state index contributed by atoms with van der Waals surface area (Å²) in [5, 5.41) is 15.3. The number of aliphatic carboxylic acids is 1. The van der Waals surface area contributed by atoms with Crippen LogP contribution in [0.4, 0.5) is 11.5 Å². The Kier molecular flexibility index (Phi) is 4.90. The molecule has 0 unspecified atom stereocenters. The lowest BCUT2D eigenvalue weighted by Crippen LogP contribution is -2.00. The molecule has 0 saturated carbocycles. The van der Waals surface area contributed by atoms with Gasteiger partial charge in [-0.25, -0.2) is 9.97 Å². The number of carboxylic acid groups (broad SMARTS) is 1. The van der Waals surface area contributed by atoms with Crippen LogP contribution < -0.4 is 10.1 Å². The predicted octanol–water partition coefficient (Wildman–Crippen LogP) is 4.74. The van der Waals surface area contributed by atoms with Gasteiger partial charge in [-0.2, -0.15) is 0 Å². The number of benzene rings is 2. The van der Waals surface area contributed by atoms with Crippen LogP contribution in [0.3, 0.4) is 0 Å². The van der Waals surface area contributed by atoms with Gasteiger partial charge in [-0.15, -0.1) is 11.3 Å². The molecular formula is C21H17N3O3S. The Morgan fingerprint density at radius 1 is 1.11 bits per heavy atom. The molecule has 0 atom stereocenters. The number of carbonyl (C=O) groups is 1. The van der Waals surface area contributed by atoms with Gasteiger partial charge in [-0.05, 0) is 35.4 Å². The van der Waals surface area contributed by atoms with E-state index < -0.39 is 5.97 Å². The molecule has 0 spiro atoms. The van der Waals surface area contributed by atoms with E-state index >= 15 is 0 Å². The Morgan fingerprint density at radius 3 is 2.54 bits per heavy atom. The zero-order valence-electron chi connectivity index (χ0n) is 15.0. The summed E-state index contributed by atoms with van der Waals surface area (Å²) in [5.74, 6) is 0.669. The molecule has 2 aromatic heterocycles. The topological polar surface area (TPSA) is 84.3 Å². The minimum absolute atomic E-state index is 0.00415. The molecule has 0 aliphatic carbocycles. The number of nitrogens with zero attached hydrogens (tertiary/aromatic N) is 2. The zero-order valence-corrected chi connectivity index (χ0v) is 15.9. The monoisotopic (exact) mass is 391 g/mol. The molecule has 0 bridgehead atoms. The van der Waals surface area contributed by atoms with E-state index in [9.17, 15) is 4.79 Å². The molecular weight excluding hydrogens is 374 g/mol. The molecule has 2 heterocycles. The fourth-order valence-corrected chi connectivity index (χ4v) is 3.89. The van der Waals surface area contributed by atoms with E-state index in [1.54, 1.807) is 30.6 Å². The second-order valence-corrected chi connectivity index (χ2v) is 7.03. The first-order valence-corrected chi connectivity index (χ1v) is 9.46. The predicted molar refractivity (Wildman–Crippen MR) is 110 cm³/mol. The number of ether oxygens (including phenoxy) is 1. The molecule has 0 aliphatic heterocycles. The number of carboxylic acids is 1. The number of fused-ring (bicyclic) bond motifs is 1. The fraction of sp³-hybridized carbons (Fsp3) is 0.0952. The van der Waals surface area contributed by atoms with Crippen molar-refractivity contribution in [3.8, 4) is 16.9 Å². The first-order valence-electron chi connectivity index (χ1n) is 8.58. The van der Waals surface area contributed by atoms with Crippen LogP contribution in [0.2, 0.25) is 0 Å². The molecule has 2 aromatic carbocycles. The van der Waals surface area contributed by atoms with Gasteiger partial charge in [0.25, 0.3) is 0 Å². The van der Waals surface area contributed by atoms with Gasteiger partial charge in [-0.1, -0.05) is 24.3 Å². The minimum Gasteiger partial charge on any atom is -0.497 e. The first-order chi connectivity index (χ1) is 13.6. The molecule has 0 amide bonds. The normalized spacial score (nSPS) is 10.8. The van der Waals surface area contributed by atoms with Crippen LogP contribution in [0.15, 0.2) is 60.2 Å². The maximum Gasteiger partial charge on any atom is 0.307 e. The van der Waals surface area contributed by atoms with Gasteiger partial charge < -0.3 is 15.2 Å². The summed E-state index contributed by atoms with van der Waals surface area (Å²) in [6.45, 7) is 0. The highest BCUT2D eigenvalue weighted by molar-refractivity contribution is 7.17. The zero-order chi connectivity index (χ0) is 19.5. The summed E-state index contributed by atoms with van der Waals surface area (Å²) in [7, 11) is 1.65. The molecule has 0 fully saturated rings. The van der Waals surface area contributed by atoms with Crippen LogP contribution >= 0.6 is 11.3 Å². The van der Waals surface area contributed by atoms with E-state index in [2.05, 4.69) is 20.7 Å². The number of nitrogens with one attached hydrogen (secondary N) is 1. The van der Waals surface area contributed by atoms with Gasteiger partial charge in [0.2, 0.25) is 0 Å². The van der Waals surface area contributed by atoms with Gasteiger partial charge in [0, 0.05) is 16.6 Å². The standard InChI is InChI=1S/C21H17N3O3S/c1-27-16-8-4-14(5-9-16)17-11-28-21-19(17)20(22-12-23-21)24-15-6-2-13(3-7-15)10-18(25)26/h2-9,11-12H,10H2,1H3,(H,25,26)(H,22,23,24). The van der Waals surface area contributed by atoms with Crippen LogP contribution in [-0.2, 0) is 11.2 Å². The molecule has 2 N–H and O–H groups in total. The van der Waals surface area contributed by atoms with Gasteiger partial charge in [0.15, 0.2) is 0 Å². The molecule has 0 radical (unpaired) electrons. The molecule has 7 heteroatoms. The van der Waals surface area contributed by atoms with E-state index in [0.717, 1.165) is 38.3 Å². The van der Waals surface area contributed by atoms with Crippen molar-refractivity contribution in [2.24, 2.45) is 0 Å². The van der Waals surface area contributed by atoms with Crippen molar-refractivity contribution in [1.29, 1.82) is 0 Å². The van der Waals surface area contributed by atoms with Crippen molar-refractivity contribution < 1.29 is 14.6 Å². The SMILES string of the molecule is COc1ccc(-c2csc3ncnc(Nc4ccc(CC(=O)O)cc4)c23)cc1. The Labute approximate surface area is 165 Å². The summed E-state index contributed by atoms with van der Waals surface area (Å²) in [5.41, 5.74) is 3.69. The summed E-state index contributed by atoms with van der Waals surface area (Å²) in [6, 6.07) is 15.2. The lowest BCUT2D eigenvalue weighted by molar-refractivity contribution is -0.136. The second kappa shape index (κ2) is 7.66. The lowest BCUT2D eigenvalue weighted by Gasteiger charge is -2.09. The van der Waals surface area contributed by atoms with Crippen molar-refractivity contribution in [3.63, 3.8) is 0 Å². The molecule has 4 aromatic rings. The van der Waals surface area contributed by atoms with Crippen molar-refractivity contribution in [3.05, 3.63) is 65.8 Å². The van der Waals surface area contributed by atoms with E-state index in [1.165, 1.54) is 6.33 Å². The number of anilines is 2. The third kappa shape index (κ3) is 3.65. The fourth-order valence-electron chi connectivity index (χ4n) is 2.97. The van der Waals surface area contributed by atoms with Gasteiger partial charge >= 0.3 is 5.97 Å². The maximum atomic E-state index is 10.8. The smallest absolute Gasteiger partial charge is 0.307 e. The van der Waals surface area contributed by atoms with Crippen LogP contribution in [0.1, 0.15) is 5.56 Å². The third-order valence-corrected chi connectivity index (χ3v) is 5.23. The number of aromatic nitrogens is 2. The number of thiophene rings is 1. The summed E-state index contributed by atoms with van der Waals surface area (Å²) >= 11 is 1.57. The average Bonchev–Trinajstić information content (AvgIpc) is 3.14. The molecule has 0 saturated heterocycles. The third-order valence-electron chi connectivity index (χ3n) is 4.34. The van der Waals surface area contributed by atoms with Crippen molar-refractivity contribution in [1.82, 2.24) is 9.97 Å². The lowest BCUT2D eigenvalue weighted by atomic mass is 10.1. The van der Waals surface area contributed by atoms with Gasteiger partial charge in [0.1, 0.15) is 22.7 Å². The van der Waals surface area contributed by atoms with Crippen molar-refractivity contribution in [2.45, 2.75) is 6.42 Å². The van der Waals surface area contributed by atoms with E-state index in [0.29, 0.717) is 5.82 Å².